The maximum Gasteiger partial charge on any atom is 0.0966 e. The average Bonchev–Trinajstić information content (AvgIpc) is 2.35. The van der Waals surface area contributed by atoms with Crippen molar-refractivity contribution >= 4 is 13.5 Å². The number of hydrogen-bond acceptors (Lipinski definition) is 3. The Morgan fingerprint density at radius 2 is 2.33 bits per heavy atom. The summed E-state index contributed by atoms with van der Waals surface area (Å²) in [5.41, 5.74) is 0.912. The number of aliphatic hydroxyl groups excluding tert-OH is 2. The highest BCUT2D eigenvalue weighted by Crippen LogP contribution is 1.94. The van der Waals surface area contributed by atoms with Crippen molar-refractivity contribution in [3.05, 3.63) is 18.0 Å². The minimum atomic E-state index is -0.714. The second kappa shape index (κ2) is 5.18. The van der Waals surface area contributed by atoms with Crippen LogP contribution in [-0.2, 0) is 6.54 Å². The monoisotopic (exact) mass is 190 g/mol. The Labute approximate surface area is 78.3 Å². The Morgan fingerprint density at radius 1 is 1.67 bits per heavy atom. The van der Waals surface area contributed by atoms with E-state index < -0.39 is 6.10 Å². The maximum atomic E-state index is 9.01. The molecule has 0 aliphatic carbocycles. The topological polar surface area (TPSA) is 58.3 Å². The molecule has 4 nitrogen and oxygen atoms in total. The zero-order chi connectivity index (χ0) is 8.27. The molecule has 0 saturated heterocycles. The summed E-state index contributed by atoms with van der Waals surface area (Å²) in [6, 6.07) is 1.85. The summed E-state index contributed by atoms with van der Waals surface area (Å²) in [4.78, 5) is 0. The predicted octanol–water partition coefficient (Wildman–Crippen LogP) is -0.342. The molecule has 0 amide bonds. The molecule has 70 valence electrons. The number of hydrogen-bond donors (Lipinski definition) is 2. The van der Waals surface area contributed by atoms with E-state index in [0.717, 1.165) is 5.69 Å². The van der Waals surface area contributed by atoms with Crippen molar-refractivity contribution in [3.63, 3.8) is 0 Å². The van der Waals surface area contributed by atoms with E-state index in [0.29, 0.717) is 6.54 Å². The van der Waals surface area contributed by atoms with Gasteiger partial charge in [0.25, 0.3) is 0 Å². The Kier molecular flexibility index (Phi) is 4.96. The zero-order valence-corrected chi connectivity index (χ0v) is 7.94. The fraction of sp³-hybridized carbons (Fsp3) is 0.571. The van der Waals surface area contributed by atoms with Gasteiger partial charge in [0.15, 0.2) is 0 Å². The lowest BCUT2D eigenvalue weighted by Gasteiger charge is -2.05. The van der Waals surface area contributed by atoms with E-state index in [1.54, 1.807) is 10.9 Å². The standard InChI is InChI=1S/C7H12N2O2.H2S/c1-6-2-3-9(8-6)4-7(11)5-10;/h2-3,7,10-11H,4-5H2,1H3;1H2/t7-;/m0./s1. The summed E-state index contributed by atoms with van der Waals surface area (Å²) >= 11 is 0. The van der Waals surface area contributed by atoms with Gasteiger partial charge in [-0.15, -0.1) is 0 Å². The van der Waals surface area contributed by atoms with Gasteiger partial charge in [0, 0.05) is 6.20 Å². The lowest BCUT2D eigenvalue weighted by atomic mass is 10.4. The van der Waals surface area contributed by atoms with Gasteiger partial charge in [-0.2, -0.15) is 18.6 Å². The summed E-state index contributed by atoms with van der Waals surface area (Å²) in [6.07, 6.45) is 1.06. The smallest absolute Gasteiger partial charge is 0.0966 e. The first kappa shape index (κ1) is 11.5. The van der Waals surface area contributed by atoms with E-state index >= 15 is 0 Å². The largest absolute Gasteiger partial charge is 0.394 e. The molecule has 5 heteroatoms. The molecule has 0 fully saturated rings. The van der Waals surface area contributed by atoms with Crippen LogP contribution in [0, 0.1) is 6.92 Å². The first-order valence-electron chi connectivity index (χ1n) is 3.51. The van der Waals surface area contributed by atoms with Gasteiger partial charge in [-0.3, -0.25) is 4.68 Å². The minimum absolute atomic E-state index is 0. The molecule has 2 N–H and O–H groups in total. The maximum absolute atomic E-state index is 9.01. The highest BCUT2D eigenvalue weighted by Gasteiger charge is 2.02. The summed E-state index contributed by atoms with van der Waals surface area (Å²) < 4.78 is 1.61. The van der Waals surface area contributed by atoms with Gasteiger partial charge in [-0.1, -0.05) is 0 Å². The molecule has 0 bridgehead atoms. The van der Waals surface area contributed by atoms with Crippen LogP contribution >= 0.6 is 13.5 Å². The van der Waals surface area contributed by atoms with E-state index in [-0.39, 0.29) is 20.1 Å². The van der Waals surface area contributed by atoms with Crippen molar-refractivity contribution in [3.8, 4) is 0 Å². The molecule has 0 saturated carbocycles. The van der Waals surface area contributed by atoms with Crippen LogP contribution in [0.15, 0.2) is 12.3 Å². The third kappa shape index (κ3) is 3.25. The Balaban J connectivity index is 0.00000121. The van der Waals surface area contributed by atoms with Crippen molar-refractivity contribution in [1.29, 1.82) is 0 Å². The Morgan fingerprint density at radius 3 is 2.75 bits per heavy atom. The van der Waals surface area contributed by atoms with E-state index in [1.165, 1.54) is 0 Å². The Hall–Kier alpha value is -0.520. The van der Waals surface area contributed by atoms with E-state index in [9.17, 15) is 0 Å². The van der Waals surface area contributed by atoms with E-state index in [1.807, 2.05) is 13.0 Å². The van der Waals surface area contributed by atoms with Crippen molar-refractivity contribution in [2.45, 2.75) is 19.6 Å². The number of nitrogens with zero attached hydrogens (tertiary/aromatic N) is 2. The van der Waals surface area contributed by atoms with Gasteiger partial charge < -0.3 is 10.2 Å². The van der Waals surface area contributed by atoms with Crippen LogP contribution in [-0.4, -0.2) is 32.7 Å². The highest BCUT2D eigenvalue weighted by atomic mass is 32.1. The second-order valence-electron chi connectivity index (χ2n) is 2.52. The fourth-order valence-corrected chi connectivity index (χ4v) is 0.839. The molecular weight excluding hydrogens is 176 g/mol. The molecule has 0 spiro atoms. The molecular formula is C7H14N2O2S. The Bertz CT molecular complexity index is 227. The van der Waals surface area contributed by atoms with Crippen LogP contribution in [0.5, 0.6) is 0 Å². The molecule has 0 radical (unpaired) electrons. The van der Waals surface area contributed by atoms with Crippen LogP contribution in [0.1, 0.15) is 5.69 Å². The molecule has 0 aliphatic heterocycles. The molecule has 0 aliphatic rings. The lowest BCUT2D eigenvalue weighted by molar-refractivity contribution is 0.0782. The molecule has 1 atom stereocenters. The summed E-state index contributed by atoms with van der Waals surface area (Å²) in [5, 5.41) is 21.6. The molecule has 0 aromatic carbocycles. The number of aryl methyl sites for hydroxylation is 1. The number of aliphatic hydroxyl groups is 2. The van der Waals surface area contributed by atoms with Gasteiger partial charge in [0.05, 0.1) is 24.9 Å². The van der Waals surface area contributed by atoms with Crippen LogP contribution in [0.25, 0.3) is 0 Å². The van der Waals surface area contributed by atoms with Gasteiger partial charge in [0.1, 0.15) is 0 Å². The minimum Gasteiger partial charge on any atom is -0.394 e. The lowest BCUT2D eigenvalue weighted by Crippen LogP contribution is -2.20. The molecule has 1 rings (SSSR count). The second-order valence-corrected chi connectivity index (χ2v) is 2.52. The first-order chi connectivity index (χ1) is 5.22. The van der Waals surface area contributed by atoms with Gasteiger partial charge in [-0.05, 0) is 13.0 Å². The third-order valence-corrected chi connectivity index (χ3v) is 1.38. The van der Waals surface area contributed by atoms with Gasteiger partial charge in [-0.25, -0.2) is 0 Å². The molecule has 0 unspecified atom stereocenters. The van der Waals surface area contributed by atoms with E-state index in [2.05, 4.69) is 5.10 Å². The van der Waals surface area contributed by atoms with Crippen molar-refractivity contribution in [1.82, 2.24) is 9.78 Å². The first-order valence-corrected chi connectivity index (χ1v) is 3.51. The molecule has 12 heavy (non-hydrogen) atoms. The normalized spacial score (nSPS) is 12.2. The third-order valence-electron chi connectivity index (χ3n) is 1.38. The molecule has 1 aromatic heterocycles. The quantitative estimate of drug-likeness (QED) is 0.685. The molecule has 1 aromatic rings. The van der Waals surface area contributed by atoms with Crippen molar-refractivity contribution in [2.75, 3.05) is 6.61 Å². The number of aromatic nitrogens is 2. The highest BCUT2D eigenvalue weighted by molar-refractivity contribution is 7.59. The summed E-state index contributed by atoms with van der Waals surface area (Å²) in [7, 11) is 0. The summed E-state index contributed by atoms with van der Waals surface area (Å²) in [6.45, 7) is 2.01. The predicted molar refractivity (Wildman–Crippen MR) is 50.4 cm³/mol. The van der Waals surface area contributed by atoms with Crippen LogP contribution in [0.3, 0.4) is 0 Å². The average molecular weight is 190 g/mol. The fourth-order valence-electron chi connectivity index (χ4n) is 0.839. The zero-order valence-electron chi connectivity index (χ0n) is 6.94. The number of rotatable bonds is 3. The van der Waals surface area contributed by atoms with Gasteiger partial charge in [0.2, 0.25) is 0 Å². The van der Waals surface area contributed by atoms with Crippen LogP contribution in [0.4, 0.5) is 0 Å². The van der Waals surface area contributed by atoms with Gasteiger partial charge >= 0.3 is 0 Å². The van der Waals surface area contributed by atoms with E-state index in [4.69, 9.17) is 10.2 Å². The SMILES string of the molecule is Cc1ccn(C[C@H](O)CO)n1.S. The van der Waals surface area contributed by atoms with Crippen LogP contribution < -0.4 is 0 Å². The van der Waals surface area contributed by atoms with Crippen molar-refractivity contribution < 1.29 is 10.2 Å². The molecule has 1 heterocycles. The summed E-state index contributed by atoms with van der Waals surface area (Å²) in [5.74, 6) is 0. The van der Waals surface area contributed by atoms with Crippen LogP contribution in [0.2, 0.25) is 0 Å². The van der Waals surface area contributed by atoms with Crippen molar-refractivity contribution in [2.24, 2.45) is 0 Å².